The summed E-state index contributed by atoms with van der Waals surface area (Å²) in [6, 6.07) is 18.4. The average Bonchev–Trinajstić information content (AvgIpc) is 3.36. The number of ether oxygens (including phenoxy) is 1. The van der Waals surface area contributed by atoms with Gasteiger partial charge < -0.3 is 9.64 Å². The second kappa shape index (κ2) is 7.35. The normalized spacial score (nSPS) is 20.8. The number of hydrogen-bond acceptors (Lipinski definition) is 4. The first-order chi connectivity index (χ1) is 14.2. The molecule has 3 aromatic rings. The van der Waals surface area contributed by atoms with Gasteiger partial charge in [-0.3, -0.25) is 9.36 Å². The SMILES string of the molecule is CSc1ncc(C(=O)N2CCO[C@]3(CCc4ccccc43)C2)n1-c1ccccc1. The number of para-hydroxylation sites is 1. The molecule has 1 amide bonds. The van der Waals surface area contributed by atoms with Gasteiger partial charge in [-0.05, 0) is 42.4 Å². The summed E-state index contributed by atoms with van der Waals surface area (Å²) in [4.78, 5) is 20.0. The van der Waals surface area contributed by atoms with E-state index in [0.29, 0.717) is 25.4 Å². The quantitative estimate of drug-likeness (QED) is 0.620. The van der Waals surface area contributed by atoms with Crippen LogP contribution in [0.1, 0.15) is 28.0 Å². The van der Waals surface area contributed by atoms with Crippen LogP contribution < -0.4 is 0 Å². The number of imidazole rings is 1. The Hall–Kier alpha value is -2.57. The molecule has 5 nitrogen and oxygen atoms in total. The Kier molecular flexibility index (Phi) is 4.68. The topological polar surface area (TPSA) is 47.4 Å². The van der Waals surface area contributed by atoms with E-state index >= 15 is 0 Å². The number of aryl methyl sites for hydroxylation is 1. The molecule has 2 heterocycles. The van der Waals surface area contributed by atoms with Gasteiger partial charge >= 0.3 is 0 Å². The molecule has 1 spiro atoms. The van der Waals surface area contributed by atoms with Crippen LogP contribution in [0.2, 0.25) is 0 Å². The molecule has 0 radical (unpaired) electrons. The van der Waals surface area contributed by atoms with Gasteiger partial charge in [0.25, 0.3) is 5.91 Å². The Labute approximate surface area is 174 Å². The molecular formula is C23H23N3O2S. The number of benzene rings is 2. The number of carbonyl (C=O) groups is 1. The molecule has 0 saturated carbocycles. The van der Waals surface area contributed by atoms with Gasteiger partial charge in [0.1, 0.15) is 11.3 Å². The van der Waals surface area contributed by atoms with E-state index in [2.05, 4.69) is 29.2 Å². The lowest BCUT2D eigenvalue weighted by atomic mass is 9.93. The first-order valence-corrected chi connectivity index (χ1v) is 11.1. The molecule has 29 heavy (non-hydrogen) atoms. The maximum absolute atomic E-state index is 13.6. The van der Waals surface area contributed by atoms with Crippen LogP contribution in [0, 0.1) is 0 Å². The first-order valence-electron chi connectivity index (χ1n) is 9.91. The molecule has 2 aromatic carbocycles. The Bertz CT molecular complexity index is 1050. The van der Waals surface area contributed by atoms with Crippen molar-refractivity contribution in [3.05, 3.63) is 77.6 Å². The maximum Gasteiger partial charge on any atom is 0.272 e. The minimum absolute atomic E-state index is 0.00806. The van der Waals surface area contributed by atoms with Crippen LogP contribution in [0.4, 0.5) is 0 Å². The van der Waals surface area contributed by atoms with Crippen LogP contribution in [0.3, 0.4) is 0 Å². The van der Waals surface area contributed by atoms with E-state index in [0.717, 1.165) is 23.7 Å². The Morgan fingerprint density at radius 3 is 2.76 bits per heavy atom. The van der Waals surface area contributed by atoms with Gasteiger partial charge in [0.2, 0.25) is 0 Å². The summed E-state index contributed by atoms with van der Waals surface area (Å²) in [5, 5.41) is 0.814. The highest BCUT2D eigenvalue weighted by Gasteiger charge is 2.44. The number of thioether (sulfide) groups is 1. The zero-order valence-corrected chi connectivity index (χ0v) is 17.2. The summed E-state index contributed by atoms with van der Waals surface area (Å²) in [7, 11) is 0. The minimum Gasteiger partial charge on any atom is -0.367 e. The number of amides is 1. The molecule has 2 aliphatic rings. The highest BCUT2D eigenvalue weighted by atomic mass is 32.2. The number of fused-ring (bicyclic) bond motifs is 2. The van der Waals surface area contributed by atoms with Crippen molar-refractivity contribution in [2.45, 2.75) is 23.6 Å². The lowest BCUT2D eigenvalue weighted by Crippen LogP contribution is -2.51. The zero-order valence-electron chi connectivity index (χ0n) is 16.4. The van der Waals surface area contributed by atoms with E-state index in [1.807, 2.05) is 46.1 Å². The molecule has 6 heteroatoms. The number of rotatable bonds is 3. The molecule has 1 aliphatic heterocycles. The molecular weight excluding hydrogens is 382 g/mol. The second-order valence-electron chi connectivity index (χ2n) is 7.53. The van der Waals surface area contributed by atoms with Crippen molar-refractivity contribution in [3.63, 3.8) is 0 Å². The number of carbonyl (C=O) groups excluding carboxylic acids is 1. The third-order valence-electron chi connectivity index (χ3n) is 5.92. The molecule has 1 fully saturated rings. The highest BCUT2D eigenvalue weighted by molar-refractivity contribution is 7.98. The fourth-order valence-corrected chi connectivity index (χ4v) is 5.09. The third-order valence-corrected chi connectivity index (χ3v) is 6.58. The molecule has 1 saturated heterocycles. The molecule has 148 valence electrons. The minimum atomic E-state index is -0.384. The number of nitrogens with zero attached hydrogens (tertiary/aromatic N) is 3. The van der Waals surface area contributed by atoms with Crippen LogP contribution in [0.5, 0.6) is 0 Å². The van der Waals surface area contributed by atoms with Crippen molar-refractivity contribution in [1.29, 1.82) is 0 Å². The fourth-order valence-electron chi connectivity index (χ4n) is 4.54. The predicted molar refractivity (Wildman–Crippen MR) is 114 cm³/mol. The van der Waals surface area contributed by atoms with Crippen LogP contribution in [-0.4, -0.2) is 46.3 Å². The van der Waals surface area contributed by atoms with Crippen molar-refractivity contribution < 1.29 is 9.53 Å². The van der Waals surface area contributed by atoms with E-state index in [4.69, 9.17) is 4.74 Å². The monoisotopic (exact) mass is 405 g/mol. The summed E-state index contributed by atoms with van der Waals surface area (Å²) in [6.45, 7) is 1.73. The van der Waals surface area contributed by atoms with E-state index < -0.39 is 0 Å². The summed E-state index contributed by atoms with van der Waals surface area (Å²) < 4.78 is 8.25. The van der Waals surface area contributed by atoms with Crippen molar-refractivity contribution >= 4 is 17.7 Å². The number of morpholine rings is 1. The smallest absolute Gasteiger partial charge is 0.272 e. The van der Waals surface area contributed by atoms with E-state index in [-0.39, 0.29) is 11.5 Å². The lowest BCUT2D eigenvalue weighted by molar-refractivity contribution is -0.104. The third kappa shape index (κ3) is 3.07. The molecule has 1 atom stereocenters. The lowest BCUT2D eigenvalue weighted by Gasteiger charge is -2.41. The van der Waals surface area contributed by atoms with Gasteiger partial charge in [-0.1, -0.05) is 54.2 Å². The highest BCUT2D eigenvalue weighted by Crippen LogP contribution is 2.42. The summed E-state index contributed by atoms with van der Waals surface area (Å²) in [6.07, 6.45) is 5.60. The second-order valence-corrected chi connectivity index (χ2v) is 8.30. The van der Waals surface area contributed by atoms with Gasteiger partial charge in [-0.2, -0.15) is 0 Å². The largest absolute Gasteiger partial charge is 0.367 e. The molecule has 5 rings (SSSR count). The summed E-state index contributed by atoms with van der Waals surface area (Å²) in [5.74, 6) is 0.00806. The van der Waals surface area contributed by atoms with Crippen LogP contribution >= 0.6 is 11.8 Å². The predicted octanol–water partition coefficient (Wildman–Crippen LogP) is 3.91. The van der Waals surface area contributed by atoms with E-state index in [1.54, 1.807) is 18.0 Å². The van der Waals surface area contributed by atoms with Crippen molar-refractivity contribution in [2.24, 2.45) is 0 Å². The standard InChI is InChI=1S/C23H23N3O2S/c1-29-22-24-15-20(26(22)18-8-3-2-4-9-18)21(27)25-13-14-28-23(16-25)12-11-17-7-5-6-10-19(17)23/h2-10,15H,11-14,16H2,1H3/t23-/m1/s1. The zero-order chi connectivity index (χ0) is 19.8. The summed E-state index contributed by atoms with van der Waals surface area (Å²) in [5.41, 5.74) is 3.74. The van der Waals surface area contributed by atoms with Gasteiger partial charge in [-0.15, -0.1) is 0 Å². The van der Waals surface area contributed by atoms with Gasteiger partial charge in [0, 0.05) is 12.2 Å². The van der Waals surface area contributed by atoms with E-state index in [1.165, 1.54) is 11.1 Å². The number of hydrogen-bond donors (Lipinski definition) is 0. The van der Waals surface area contributed by atoms with Crippen molar-refractivity contribution in [2.75, 3.05) is 26.0 Å². The van der Waals surface area contributed by atoms with Gasteiger partial charge in [0.05, 0.1) is 19.3 Å². The van der Waals surface area contributed by atoms with Gasteiger partial charge in [0.15, 0.2) is 5.16 Å². The molecule has 0 N–H and O–H groups in total. The maximum atomic E-state index is 13.6. The van der Waals surface area contributed by atoms with Crippen LogP contribution in [0.15, 0.2) is 66.0 Å². The molecule has 1 aromatic heterocycles. The first kappa shape index (κ1) is 18.5. The molecule has 0 unspecified atom stereocenters. The number of aromatic nitrogens is 2. The van der Waals surface area contributed by atoms with E-state index in [9.17, 15) is 4.79 Å². The van der Waals surface area contributed by atoms with Gasteiger partial charge in [-0.25, -0.2) is 4.98 Å². The Morgan fingerprint density at radius 1 is 1.14 bits per heavy atom. The summed E-state index contributed by atoms with van der Waals surface area (Å²) >= 11 is 1.54. The van der Waals surface area contributed by atoms with Crippen LogP contribution in [-0.2, 0) is 16.8 Å². The van der Waals surface area contributed by atoms with Crippen molar-refractivity contribution in [3.8, 4) is 5.69 Å². The fraction of sp³-hybridized carbons (Fsp3) is 0.304. The molecule has 0 bridgehead atoms. The Balaban J connectivity index is 1.49. The average molecular weight is 406 g/mol. The molecule has 1 aliphatic carbocycles. The Morgan fingerprint density at radius 2 is 1.93 bits per heavy atom. The van der Waals surface area contributed by atoms with Crippen molar-refractivity contribution in [1.82, 2.24) is 14.5 Å². The van der Waals surface area contributed by atoms with Crippen LogP contribution in [0.25, 0.3) is 5.69 Å².